The Kier molecular flexibility index (Phi) is 5.87. The molecule has 1 amide bonds. The Morgan fingerprint density at radius 2 is 1.66 bits per heavy atom. The molecule has 0 saturated heterocycles. The number of para-hydroxylation sites is 1. The fraction of sp³-hybridized carbons (Fsp3) is 0.167. The fourth-order valence-electron chi connectivity index (χ4n) is 3.70. The molecule has 2 aromatic carbocycles. The Bertz CT molecular complexity index is 1330. The first kappa shape index (κ1) is 21.5. The maximum absolute atomic E-state index is 13.6. The van der Waals surface area contributed by atoms with Gasteiger partial charge in [-0.05, 0) is 41.3 Å². The number of nitrogens with one attached hydrogen (secondary N) is 1. The van der Waals surface area contributed by atoms with E-state index < -0.39 is 0 Å². The summed E-state index contributed by atoms with van der Waals surface area (Å²) in [4.78, 5) is 27.1. The molecule has 0 fully saturated rings. The zero-order chi connectivity index (χ0) is 22.8. The quantitative estimate of drug-likeness (QED) is 0.466. The van der Waals surface area contributed by atoms with E-state index in [0.29, 0.717) is 50.0 Å². The molecule has 0 spiro atoms. The molecular weight excluding hydrogens is 428 g/mol. The zero-order valence-electron chi connectivity index (χ0n) is 18.1. The van der Waals surface area contributed by atoms with Crippen LogP contribution in [0.1, 0.15) is 9.67 Å². The van der Waals surface area contributed by atoms with Gasteiger partial charge in [0.05, 0.1) is 37.3 Å². The highest BCUT2D eigenvalue weighted by molar-refractivity contribution is 7.12. The number of carbonyl (C=O) groups is 1. The molecule has 32 heavy (non-hydrogen) atoms. The first-order chi connectivity index (χ1) is 15.5. The number of carbonyl (C=O) groups excluding carboxylic acids is 1. The largest absolute Gasteiger partial charge is 0.493 e. The summed E-state index contributed by atoms with van der Waals surface area (Å²) in [6.45, 7) is 0. The zero-order valence-corrected chi connectivity index (χ0v) is 18.9. The number of nitrogens with zero attached hydrogens (tertiary/aromatic N) is 1. The molecule has 0 saturated carbocycles. The van der Waals surface area contributed by atoms with Gasteiger partial charge in [0.2, 0.25) is 5.75 Å². The van der Waals surface area contributed by atoms with E-state index in [2.05, 4.69) is 5.32 Å². The monoisotopic (exact) mass is 450 g/mol. The lowest BCUT2D eigenvalue weighted by molar-refractivity contribution is 0.103. The smallest absolute Gasteiger partial charge is 0.266 e. The average Bonchev–Trinajstić information content (AvgIpc) is 3.36. The first-order valence-corrected chi connectivity index (χ1v) is 10.6. The topological polar surface area (TPSA) is 78.8 Å². The number of aryl methyl sites for hydroxylation is 1. The highest BCUT2D eigenvalue weighted by Gasteiger charge is 2.23. The number of rotatable bonds is 6. The number of hydrogen-bond donors (Lipinski definition) is 1. The summed E-state index contributed by atoms with van der Waals surface area (Å²) in [5.74, 6) is 1.32. The second-order valence-electron chi connectivity index (χ2n) is 6.97. The van der Waals surface area contributed by atoms with Gasteiger partial charge in [-0.3, -0.25) is 9.59 Å². The van der Waals surface area contributed by atoms with Crippen molar-refractivity contribution < 1.29 is 19.0 Å². The molecule has 0 aliphatic carbocycles. The number of amides is 1. The van der Waals surface area contributed by atoms with Crippen molar-refractivity contribution in [2.24, 2.45) is 7.05 Å². The van der Waals surface area contributed by atoms with Crippen LogP contribution in [0.2, 0.25) is 0 Å². The highest BCUT2D eigenvalue weighted by Crippen LogP contribution is 2.42. The van der Waals surface area contributed by atoms with Gasteiger partial charge in [-0.2, -0.15) is 0 Å². The fourth-order valence-corrected chi connectivity index (χ4v) is 4.32. The molecule has 0 aliphatic heterocycles. The van der Waals surface area contributed by atoms with Crippen molar-refractivity contribution in [2.45, 2.75) is 0 Å². The average molecular weight is 451 g/mol. The number of anilines is 1. The van der Waals surface area contributed by atoms with E-state index in [4.69, 9.17) is 14.2 Å². The Hall–Kier alpha value is -3.78. The number of pyridine rings is 1. The van der Waals surface area contributed by atoms with Crippen LogP contribution in [0.3, 0.4) is 0 Å². The molecule has 2 aromatic heterocycles. The molecular formula is C24H22N2O5S. The molecule has 0 bridgehead atoms. The van der Waals surface area contributed by atoms with Gasteiger partial charge in [-0.1, -0.05) is 18.2 Å². The minimum atomic E-state index is -0.293. The number of hydrogen-bond acceptors (Lipinski definition) is 6. The molecule has 0 aliphatic rings. The molecule has 0 atom stereocenters. The van der Waals surface area contributed by atoms with Gasteiger partial charge in [0, 0.05) is 12.4 Å². The van der Waals surface area contributed by atoms with Crippen LogP contribution >= 0.6 is 11.3 Å². The Morgan fingerprint density at radius 1 is 0.969 bits per heavy atom. The molecule has 7 nitrogen and oxygen atoms in total. The lowest BCUT2D eigenvalue weighted by Crippen LogP contribution is -2.21. The van der Waals surface area contributed by atoms with Gasteiger partial charge in [0.1, 0.15) is 5.82 Å². The second-order valence-corrected chi connectivity index (χ2v) is 7.92. The minimum absolute atomic E-state index is 0.213. The maximum Gasteiger partial charge on any atom is 0.266 e. The predicted octanol–water partition coefficient (Wildman–Crippen LogP) is 4.55. The van der Waals surface area contributed by atoms with Gasteiger partial charge in [-0.15, -0.1) is 11.3 Å². The van der Waals surface area contributed by atoms with E-state index in [-0.39, 0.29) is 11.3 Å². The highest BCUT2D eigenvalue weighted by atomic mass is 32.1. The van der Waals surface area contributed by atoms with Crippen molar-refractivity contribution >= 4 is 34.0 Å². The summed E-state index contributed by atoms with van der Waals surface area (Å²) in [5.41, 5.74) is 1.35. The Balaban J connectivity index is 2.03. The number of fused-ring (bicyclic) bond motifs is 1. The SMILES string of the molecule is COc1cc(-c2c(NC(=O)c3cccs3)n(C)c3ccccc3c2=O)cc(OC)c1OC. The Labute approximate surface area is 188 Å². The van der Waals surface area contributed by atoms with Crippen molar-refractivity contribution in [1.29, 1.82) is 0 Å². The van der Waals surface area contributed by atoms with Gasteiger partial charge < -0.3 is 24.1 Å². The normalized spacial score (nSPS) is 10.8. The van der Waals surface area contributed by atoms with Crippen LogP contribution in [-0.4, -0.2) is 31.8 Å². The van der Waals surface area contributed by atoms with Crippen LogP contribution in [0, 0.1) is 0 Å². The van der Waals surface area contributed by atoms with Crippen LogP contribution < -0.4 is 25.0 Å². The van der Waals surface area contributed by atoms with Crippen molar-refractivity contribution in [2.75, 3.05) is 26.6 Å². The summed E-state index contributed by atoms with van der Waals surface area (Å²) in [6.07, 6.45) is 0. The lowest BCUT2D eigenvalue weighted by Gasteiger charge is -2.19. The van der Waals surface area contributed by atoms with E-state index >= 15 is 0 Å². The summed E-state index contributed by atoms with van der Waals surface area (Å²) >= 11 is 1.33. The molecule has 0 radical (unpaired) electrons. The lowest BCUT2D eigenvalue weighted by atomic mass is 10.0. The van der Waals surface area contributed by atoms with Crippen LogP contribution in [-0.2, 0) is 7.05 Å². The number of ether oxygens (including phenoxy) is 3. The van der Waals surface area contributed by atoms with Crippen LogP contribution in [0.5, 0.6) is 17.2 Å². The van der Waals surface area contributed by atoms with Gasteiger partial charge in [0.15, 0.2) is 16.9 Å². The summed E-state index contributed by atoms with van der Waals surface area (Å²) < 4.78 is 18.2. The summed E-state index contributed by atoms with van der Waals surface area (Å²) in [7, 11) is 6.35. The maximum atomic E-state index is 13.6. The molecule has 164 valence electrons. The van der Waals surface area contributed by atoms with Crippen molar-refractivity contribution in [3.05, 3.63) is 69.0 Å². The summed E-state index contributed by atoms with van der Waals surface area (Å²) in [6, 6.07) is 14.2. The molecule has 4 aromatic rings. The molecule has 2 heterocycles. The third-order valence-corrected chi connectivity index (χ3v) is 6.11. The van der Waals surface area contributed by atoms with E-state index in [1.807, 2.05) is 30.6 Å². The third-order valence-electron chi connectivity index (χ3n) is 5.24. The van der Waals surface area contributed by atoms with Gasteiger partial charge in [0.25, 0.3) is 5.91 Å². The Morgan fingerprint density at radius 3 is 2.25 bits per heavy atom. The first-order valence-electron chi connectivity index (χ1n) is 9.77. The van der Waals surface area contributed by atoms with E-state index in [1.54, 1.807) is 34.9 Å². The number of thiophene rings is 1. The van der Waals surface area contributed by atoms with Crippen LogP contribution in [0.4, 0.5) is 5.82 Å². The van der Waals surface area contributed by atoms with Crippen molar-refractivity contribution in [1.82, 2.24) is 4.57 Å². The van der Waals surface area contributed by atoms with Crippen molar-refractivity contribution in [3.63, 3.8) is 0 Å². The molecule has 1 N–H and O–H groups in total. The number of benzene rings is 2. The minimum Gasteiger partial charge on any atom is -0.493 e. The predicted molar refractivity (Wildman–Crippen MR) is 127 cm³/mol. The van der Waals surface area contributed by atoms with Crippen LogP contribution in [0.15, 0.2) is 58.7 Å². The third kappa shape index (κ3) is 3.58. The molecule has 8 heteroatoms. The second kappa shape index (κ2) is 8.76. The van der Waals surface area contributed by atoms with Crippen LogP contribution in [0.25, 0.3) is 22.0 Å². The standard InChI is InChI=1S/C24H22N2O5S/c1-26-16-9-6-5-8-15(16)21(27)20(23(26)25-24(28)19-10-7-11-32-19)14-12-17(29-2)22(31-4)18(13-14)30-3/h5-13H,1-4H3,(H,25,28). The number of methoxy groups -OCH3 is 3. The van der Waals surface area contributed by atoms with E-state index in [0.717, 1.165) is 0 Å². The number of aromatic nitrogens is 1. The van der Waals surface area contributed by atoms with Crippen molar-refractivity contribution in [3.8, 4) is 28.4 Å². The molecule has 0 unspecified atom stereocenters. The van der Waals surface area contributed by atoms with Gasteiger partial charge in [-0.25, -0.2) is 0 Å². The molecule has 4 rings (SSSR count). The van der Waals surface area contributed by atoms with E-state index in [9.17, 15) is 9.59 Å². The van der Waals surface area contributed by atoms with Gasteiger partial charge >= 0.3 is 0 Å². The summed E-state index contributed by atoms with van der Waals surface area (Å²) in [5, 5.41) is 5.30. The van der Waals surface area contributed by atoms with E-state index in [1.165, 1.54) is 32.7 Å².